The van der Waals surface area contributed by atoms with E-state index in [1.165, 1.54) is 17.5 Å². The molecule has 0 saturated heterocycles. The lowest BCUT2D eigenvalue weighted by Crippen LogP contribution is -2.25. The summed E-state index contributed by atoms with van der Waals surface area (Å²) in [6, 6.07) is 6.06. The van der Waals surface area contributed by atoms with Gasteiger partial charge in [-0.2, -0.15) is 0 Å². The van der Waals surface area contributed by atoms with Gasteiger partial charge >= 0.3 is 0 Å². The van der Waals surface area contributed by atoms with E-state index in [-0.39, 0.29) is 0 Å². The Morgan fingerprint density at radius 1 is 1.42 bits per heavy atom. The normalized spacial score (nSPS) is 18.4. The van der Waals surface area contributed by atoms with Gasteiger partial charge in [0.25, 0.3) is 6.43 Å². The van der Waals surface area contributed by atoms with Crippen molar-refractivity contribution in [2.75, 3.05) is 13.2 Å². The molecule has 0 radical (unpaired) electrons. The molecular weight excluding hydrogens is 248 g/mol. The molecule has 0 aromatic heterocycles. The highest BCUT2D eigenvalue weighted by molar-refractivity contribution is 5.39. The van der Waals surface area contributed by atoms with Gasteiger partial charge in [0.2, 0.25) is 0 Å². The van der Waals surface area contributed by atoms with Crippen molar-refractivity contribution in [2.24, 2.45) is 0 Å². The summed E-state index contributed by atoms with van der Waals surface area (Å²) < 4.78 is 29.4. The molecule has 1 aromatic carbocycles. The lowest BCUT2D eigenvalue weighted by atomic mass is 9.87. The first kappa shape index (κ1) is 14.3. The van der Waals surface area contributed by atoms with Gasteiger partial charge in [0.15, 0.2) is 0 Å². The standard InChI is InChI=1S/C15H21F2NO/c1-2-8-18-14-5-3-4-11-6-7-12(9-13(11)14)19-10-15(16)17/h6-7,9,14-15,18H,2-5,8,10H2,1H3. The van der Waals surface area contributed by atoms with Gasteiger partial charge in [0.05, 0.1) is 0 Å². The van der Waals surface area contributed by atoms with E-state index in [1.54, 1.807) is 6.07 Å². The van der Waals surface area contributed by atoms with Crippen molar-refractivity contribution < 1.29 is 13.5 Å². The van der Waals surface area contributed by atoms with E-state index in [1.807, 2.05) is 12.1 Å². The molecule has 2 rings (SSSR count). The first-order valence-electron chi connectivity index (χ1n) is 6.98. The Labute approximate surface area is 113 Å². The molecular formula is C15H21F2NO. The van der Waals surface area contributed by atoms with Gasteiger partial charge in [0, 0.05) is 6.04 Å². The molecule has 0 fully saturated rings. The molecule has 106 valence electrons. The van der Waals surface area contributed by atoms with Crippen LogP contribution in [0.5, 0.6) is 5.75 Å². The maximum Gasteiger partial charge on any atom is 0.272 e. The van der Waals surface area contributed by atoms with Gasteiger partial charge in [-0.3, -0.25) is 0 Å². The van der Waals surface area contributed by atoms with Crippen LogP contribution in [-0.2, 0) is 6.42 Å². The van der Waals surface area contributed by atoms with Gasteiger partial charge < -0.3 is 10.1 Å². The summed E-state index contributed by atoms with van der Waals surface area (Å²) in [5, 5.41) is 3.52. The Bertz CT molecular complexity index is 409. The number of nitrogens with one attached hydrogen (secondary N) is 1. The number of alkyl halides is 2. The second kappa shape index (κ2) is 6.85. The smallest absolute Gasteiger partial charge is 0.272 e. The van der Waals surface area contributed by atoms with Gasteiger partial charge in [-0.05, 0) is 55.5 Å². The van der Waals surface area contributed by atoms with Crippen molar-refractivity contribution in [1.82, 2.24) is 5.32 Å². The van der Waals surface area contributed by atoms with Crippen LogP contribution < -0.4 is 10.1 Å². The van der Waals surface area contributed by atoms with Gasteiger partial charge in [-0.15, -0.1) is 0 Å². The van der Waals surface area contributed by atoms with Crippen LogP contribution in [0.1, 0.15) is 43.4 Å². The minimum absolute atomic E-state index is 0.332. The molecule has 2 nitrogen and oxygen atoms in total. The highest BCUT2D eigenvalue weighted by atomic mass is 19.3. The van der Waals surface area contributed by atoms with Gasteiger partial charge in [-0.1, -0.05) is 13.0 Å². The van der Waals surface area contributed by atoms with Crippen LogP contribution in [0.4, 0.5) is 8.78 Å². The molecule has 4 heteroatoms. The highest BCUT2D eigenvalue weighted by Crippen LogP contribution is 2.32. The van der Waals surface area contributed by atoms with Crippen molar-refractivity contribution in [3.05, 3.63) is 29.3 Å². The molecule has 1 atom stereocenters. The number of hydrogen-bond donors (Lipinski definition) is 1. The van der Waals surface area contributed by atoms with E-state index in [0.29, 0.717) is 11.8 Å². The molecule has 1 unspecified atom stereocenters. The molecule has 0 spiro atoms. The molecule has 19 heavy (non-hydrogen) atoms. The van der Waals surface area contributed by atoms with Crippen molar-refractivity contribution in [2.45, 2.75) is 45.1 Å². The monoisotopic (exact) mass is 269 g/mol. The molecule has 1 aliphatic carbocycles. The molecule has 1 N–H and O–H groups in total. The van der Waals surface area contributed by atoms with E-state index in [2.05, 4.69) is 12.2 Å². The third-order valence-corrected chi connectivity index (χ3v) is 3.45. The Kier molecular flexibility index (Phi) is 5.14. The zero-order valence-electron chi connectivity index (χ0n) is 11.3. The Balaban J connectivity index is 2.10. The van der Waals surface area contributed by atoms with Crippen LogP contribution >= 0.6 is 0 Å². The van der Waals surface area contributed by atoms with Crippen LogP contribution in [0.2, 0.25) is 0 Å². The molecule has 1 aromatic rings. The number of halogens is 2. The fourth-order valence-corrected chi connectivity index (χ4v) is 2.56. The Morgan fingerprint density at radius 3 is 3.00 bits per heavy atom. The minimum atomic E-state index is -2.43. The van der Waals surface area contributed by atoms with E-state index >= 15 is 0 Å². The van der Waals surface area contributed by atoms with Crippen LogP contribution in [0.15, 0.2) is 18.2 Å². The molecule has 1 aliphatic rings. The van der Waals surface area contributed by atoms with Crippen LogP contribution in [0.3, 0.4) is 0 Å². The third-order valence-electron chi connectivity index (χ3n) is 3.45. The predicted molar refractivity (Wildman–Crippen MR) is 71.9 cm³/mol. The first-order chi connectivity index (χ1) is 9.20. The van der Waals surface area contributed by atoms with Crippen LogP contribution in [-0.4, -0.2) is 19.6 Å². The second-order valence-corrected chi connectivity index (χ2v) is 4.96. The summed E-state index contributed by atoms with van der Waals surface area (Å²) in [6.45, 7) is 2.58. The lowest BCUT2D eigenvalue weighted by molar-refractivity contribution is 0.0818. The van der Waals surface area contributed by atoms with Gasteiger partial charge in [0.1, 0.15) is 12.4 Å². The van der Waals surface area contributed by atoms with Crippen LogP contribution in [0.25, 0.3) is 0 Å². The molecule has 0 aliphatic heterocycles. The average Bonchev–Trinajstić information content (AvgIpc) is 2.42. The van der Waals surface area contributed by atoms with E-state index in [4.69, 9.17) is 4.74 Å². The molecule has 0 bridgehead atoms. The number of rotatable bonds is 6. The van der Waals surface area contributed by atoms with E-state index in [9.17, 15) is 8.78 Å². The fraction of sp³-hybridized carbons (Fsp3) is 0.600. The highest BCUT2D eigenvalue weighted by Gasteiger charge is 2.20. The van der Waals surface area contributed by atoms with E-state index in [0.717, 1.165) is 25.8 Å². The number of benzene rings is 1. The number of aryl methyl sites for hydroxylation is 1. The zero-order valence-corrected chi connectivity index (χ0v) is 11.3. The summed E-state index contributed by atoms with van der Waals surface area (Å²) in [6.07, 6.45) is 2.00. The largest absolute Gasteiger partial charge is 0.488 e. The summed E-state index contributed by atoms with van der Waals surface area (Å²) in [7, 11) is 0. The molecule has 0 saturated carbocycles. The number of hydrogen-bond acceptors (Lipinski definition) is 2. The minimum Gasteiger partial charge on any atom is -0.488 e. The predicted octanol–water partition coefficient (Wildman–Crippen LogP) is 3.71. The SMILES string of the molecule is CCCNC1CCCc2ccc(OCC(F)F)cc21. The van der Waals surface area contributed by atoms with Crippen LogP contribution in [0, 0.1) is 0 Å². The zero-order chi connectivity index (χ0) is 13.7. The van der Waals surface area contributed by atoms with Crippen molar-refractivity contribution in [3.63, 3.8) is 0 Å². The fourth-order valence-electron chi connectivity index (χ4n) is 2.56. The summed E-state index contributed by atoms with van der Waals surface area (Å²) in [5.74, 6) is 0.546. The third kappa shape index (κ3) is 3.90. The van der Waals surface area contributed by atoms with E-state index < -0.39 is 13.0 Å². The molecule has 0 heterocycles. The summed E-state index contributed by atoms with van der Waals surface area (Å²) in [5.41, 5.74) is 2.52. The average molecular weight is 269 g/mol. The maximum atomic E-state index is 12.2. The summed E-state index contributed by atoms with van der Waals surface area (Å²) >= 11 is 0. The Morgan fingerprint density at radius 2 is 2.26 bits per heavy atom. The topological polar surface area (TPSA) is 21.3 Å². The maximum absolute atomic E-state index is 12.2. The Hall–Kier alpha value is -1.16. The summed E-state index contributed by atoms with van der Waals surface area (Å²) in [4.78, 5) is 0. The lowest BCUT2D eigenvalue weighted by Gasteiger charge is -2.27. The second-order valence-electron chi connectivity index (χ2n) is 4.96. The van der Waals surface area contributed by atoms with Crippen molar-refractivity contribution >= 4 is 0 Å². The molecule has 0 amide bonds. The number of ether oxygens (including phenoxy) is 1. The quantitative estimate of drug-likeness (QED) is 0.850. The first-order valence-corrected chi connectivity index (χ1v) is 6.98. The van der Waals surface area contributed by atoms with Crippen molar-refractivity contribution in [3.8, 4) is 5.75 Å². The van der Waals surface area contributed by atoms with Crippen molar-refractivity contribution in [1.29, 1.82) is 0 Å². The number of fused-ring (bicyclic) bond motifs is 1. The van der Waals surface area contributed by atoms with Gasteiger partial charge in [-0.25, -0.2) is 8.78 Å².